The lowest BCUT2D eigenvalue weighted by atomic mass is 10.4. The molecule has 3 heterocycles. The SMILES string of the molecule is CNCc1c(Oc2cnn(C(C)C)c2)nc2sccn12. The normalized spacial score (nSPS) is 11.6. The first kappa shape index (κ1) is 13.1. The fourth-order valence-electron chi connectivity index (χ4n) is 1.99. The molecule has 0 unspecified atom stereocenters. The molecule has 20 heavy (non-hydrogen) atoms. The van der Waals surface area contributed by atoms with E-state index >= 15 is 0 Å². The molecule has 0 saturated carbocycles. The Morgan fingerprint density at radius 2 is 2.30 bits per heavy atom. The number of hydrogen-bond acceptors (Lipinski definition) is 5. The zero-order valence-corrected chi connectivity index (χ0v) is 12.5. The summed E-state index contributed by atoms with van der Waals surface area (Å²) >= 11 is 1.59. The van der Waals surface area contributed by atoms with Crippen LogP contribution in [0.5, 0.6) is 11.6 Å². The van der Waals surface area contributed by atoms with Crippen molar-refractivity contribution in [3.05, 3.63) is 29.7 Å². The van der Waals surface area contributed by atoms with Gasteiger partial charge in [-0.1, -0.05) is 0 Å². The summed E-state index contributed by atoms with van der Waals surface area (Å²) in [5.41, 5.74) is 1.01. The number of nitrogens with one attached hydrogen (secondary N) is 1. The number of fused-ring (bicyclic) bond motifs is 1. The van der Waals surface area contributed by atoms with Crippen LogP contribution in [-0.4, -0.2) is 26.2 Å². The lowest BCUT2D eigenvalue weighted by molar-refractivity contribution is 0.453. The lowest BCUT2D eigenvalue weighted by Gasteiger charge is -2.04. The highest BCUT2D eigenvalue weighted by Crippen LogP contribution is 2.28. The molecule has 3 rings (SSSR count). The summed E-state index contributed by atoms with van der Waals surface area (Å²) in [7, 11) is 1.91. The predicted molar refractivity (Wildman–Crippen MR) is 78.5 cm³/mol. The fraction of sp³-hybridized carbons (Fsp3) is 0.385. The van der Waals surface area contributed by atoms with Crippen molar-refractivity contribution < 1.29 is 4.74 Å². The summed E-state index contributed by atoms with van der Waals surface area (Å²) in [4.78, 5) is 5.45. The van der Waals surface area contributed by atoms with Gasteiger partial charge in [0.25, 0.3) is 0 Å². The van der Waals surface area contributed by atoms with Crippen LogP contribution < -0.4 is 10.1 Å². The van der Waals surface area contributed by atoms with Crippen LogP contribution in [-0.2, 0) is 6.54 Å². The van der Waals surface area contributed by atoms with Crippen molar-refractivity contribution in [2.24, 2.45) is 0 Å². The molecule has 0 fully saturated rings. The van der Waals surface area contributed by atoms with Crippen LogP contribution in [0.4, 0.5) is 0 Å². The molecule has 3 aromatic heterocycles. The maximum absolute atomic E-state index is 5.89. The van der Waals surface area contributed by atoms with E-state index in [1.54, 1.807) is 17.5 Å². The summed E-state index contributed by atoms with van der Waals surface area (Å²) < 4.78 is 9.80. The van der Waals surface area contributed by atoms with Crippen molar-refractivity contribution >= 4 is 16.3 Å². The first-order chi connectivity index (χ1) is 9.69. The Hall–Kier alpha value is -1.86. The molecule has 0 spiro atoms. The molecular weight excluding hydrogens is 274 g/mol. The van der Waals surface area contributed by atoms with Gasteiger partial charge in [-0.25, -0.2) is 0 Å². The van der Waals surface area contributed by atoms with Crippen LogP contribution in [0.15, 0.2) is 24.0 Å². The average molecular weight is 291 g/mol. The standard InChI is InChI=1S/C13H17N5OS/c1-9(2)18-8-10(6-15-18)19-12-11(7-14-3)17-4-5-20-13(17)16-12/h4-6,8-9,14H,7H2,1-3H3. The van der Waals surface area contributed by atoms with E-state index in [2.05, 4.69) is 29.2 Å². The van der Waals surface area contributed by atoms with Crippen molar-refractivity contribution in [2.75, 3.05) is 7.05 Å². The minimum atomic E-state index is 0.314. The Kier molecular flexibility index (Phi) is 3.45. The molecule has 106 valence electrons. The zero-order chi connectivity index (χ0) is 14.1. The molecule has 0 aliphatic heterocycles. The average Bonchev–Trinajstić information content (AvgIpc) is 3.08. The minimum Gasteiger partial charge on any atom is -0.434 e. The number of rotatable bonds is 5. The van der Waals surface area contributed by atoms with Crippen LogP contribution in [0.25, 0.3) is 4.96 Å². The predicted octanol–water partition coefficient (Wildman–Crippen LogP) is 2.68. The van der Waals surface area contributed by atoms with E-state index in [0.717, 1.165) is 10.7 Å². The highest BCUT2D eigenvalue weighted by atomic mass is 32.1. The molecule has 0 radical (unpaired) electrons. The molecule has 0 aliphatic rings. The van der Waals surface area contributed by atoms with Gasteiger partial charge >= 0.3 is 0 Å². The number of imidazole rings is 1. The highest BCUT2D eigenvalue weighted by Gasteiger charge is 2.15. The summed E-state index contributed by atoms with van der Waals surface area (Å²) in [6.07, 6.45) is 5.61. The van der Waals surface area contributed by atoms with Gasteiger partial charge in [0, 0.05) is 24.2 Å². The fourth-order valence-corrected chi connectivity index (χ4v) is 2.71. The van der Waals surface area contributed by atoms with E-state index in [9.17, 15) is 0 Å². The Balaban J connectivity index is 1.92. The van der Waals surface area contributed by atoms with Crippen LogP contribution >= 0.6 is 11.3 Å². The van der Waals surface area contributed by atoms with Crippen molar-refractivity contribution in [2.45, 2.75) is 26.4 Å². The van der Waals surface area contributed by atoms with Crippen molar-refractivity contribution in [3.8, 4) is 11.6 Å². The van der Waals surface area contributed by atoms with Gasteiger partial charge in [-0.2, -0.15) is 10.1 Å². The molecule has 3 aromatic rings. The van der Waals surface area contributed by atoms with Crippen LogP contribution in [0.1, 0.15) is 25.6 Å². The van der Waals surface area contributed by atoms with E-state index in [1.807, 2.05) is 33.9 Å². The summed E-state index contributed by atoms with van der Waals surface area (Å²) in [5.74, 6) is 1.34. The van der Waals surface area contributed by atoms with E-state index in [4.69, 9.17) is 4.74 Å². The Bertz CT molecular complexity index is 711. The number of ether oxygens (including phenoxy) is 1. The molecule has 0 saturated heterocycles. The van der Waals surface area contributed by atoms with Crippen LogP contribution in [0.3, 0.4) is 0 Å². The third kappa shape index (κ3) is 2.30. The monoisotopic (exact) mass is 291 g/mol. The summed E-state index contributed by atoms with van der Waals surface area (Å²) in [6, 6.07) is 0.314. The van der Waals surface area contributed by atoms with E-state index in [0.29, 0.717) is 24.2 Å². The van der Waals surface area contributed by atoms with Gasteiger partial charge in [-0.3, -0.25) is 9.08 Å². The summed E-state index contributed by atoms with van der Waals surface area (Å²) in [6.45, 7) is 4.86. The Morgan fingerprint density at radius 1 is 1.45 bits per heavy atom. The molecule has 0 atom stereocenters. The third-order valence-corrected chi connectivity index (χ3v) is 3.75. The molecule has 0 aromatic carbocycles. The van der Waals surface area contributed by atoms with Gasteiger partial charge in [0.05, 0.1) is 12.4 Å². The van der Waals surface area contributed by atoms with Crippen molar-refractivity contribution in [3.63, 3.8) is 0 Å². The number of aromatic nitrogens is 4. The minimum absolute atomic E-state index is 0.314. The molecule has 0 bridgehead atoms. The second kappa shape index (κ2) is 5.26. The third-order valence-electron chi connectivity index (χ3n) is 2.99. The maximum atomic E-state index is 5.89. The quantitative estimate of drug-likeness (QED) is 0.785. The second-order valence-corrected chi connectivity index (χ2v) is 5.67. The van der Waals surface area contributed by atoms with E-state index in [1.165, 1.54) is 0 Å². The lowest BCUT2D eigenvalue weighted by Crippen LogP contribution is -2.08. The van der Waals surface area contributed by atoms with Crippen LogP contribution in [0.2, 0.25) is 0 Å². The van der Waals surface area contributed by atoms with Gasteiger partial charge in [0.15, 0.2) is 10.7 Å². The highest BCUT2D eigenvalue weighted by molar-refractivity contribution is 7.15. The molecule has 6 nitrogen and oxygen atoms in total. The van der Waals surface area contributed by atoms with Crippen molar-refractivity contribution in [1.29, 1.82) is 0 Å². The van der Waals surface area contributed by atoms with Gasteiger partial charge in [-0.15, -0.1) is 11.3 Å². The maximum Gasteiger partial charge on any atom is 0.243 e. The topological polar surface area (TPSA) is 56.4 Å². The Morgan fingerprint density at radius 3 is 3.00 bits per heavy atom. The van der Waals surface area contributed by atoms with Crippen molar-refractivity contribution in [1.82, 2.24) is 24.5 Å². The number of thiazole rings is 1. The zero-order valence-electron chi connectivity index (χ0n) is 11.7. The van der Waals surface area contributed by atoms with Gasteiger partial charge in [0.1, 0.15) is 5.69 Å². The van der Waals surface area contributed by atoms with E-state index < -0.39 is 0 Å². The largest absolute Gasteiger partial charge is 0.434 e. The van der Waals surface area contributed by atoms with Gasteiger partial charge in [-0.05, 0) is 20.9 Å². The number of hydrogen-bond donors (Lipinski definition) is 1. The summed E-state index contributed by atoms with van der Waals surface area (Å²) in [5, 5.41) is 9.43. The molecule has 7 heteroatoms. The second-order valence-electron chi connectivity index (χ2n) is 4.80. The van der Waals surface area contributed by atoms with Gasteiger partial charge in [0.2, 0.25) is 5.88 Å². The molecule has 0 aliphatic carbocycles. The Labute approximate surface area is 121 Å². The molecule has 1 N–H and O–H groups in total. The first-order valence-electron chi connectivity index (χ1n) is 6.50. The van der Waals surface area contributed by atoms with Crippen LogP contribution in [0, 0.1) is 0 Å². The molecule has 0 amide bonds. The van der Waals surface area contributed by atoms with E-state index in [-0.39, 0.29) is 0 Å². The van der Waals surface area contributed by atoms with Gasteiger partial charge < -0.3 is 10.1 Å². The first-order valence-corrected chi connectivity index (χ1v) is 7.38. The smallest absolute Gasteiger partial charge is 0.243 e. The molecular formula is C13H17N5OS. The number of nitrogens with zero attached hydrogens (tertiary/aromatic N) is 4.